The molecule has 0 radical (unpaired) electrons. The summed E-state index contributed by atoms with van der Waals surface area (Å²) in [7, 11) is -1.47. The second-order valence-electron chi connectivity index (χ2n) is 5.60. The lowest BCUT2D eigenvalue weighted by atomic mass is 10.2. The number of nitrogens with one attached hydrogen (secondary N) is 1. The van der Waals surface area contributed by atoms with Crippen LogP contribution in [0.15, 0.2) is 48.5 Å². The standard InChI is InChI=1S/C17H21FN2O3S/c1-19-11-5-8-17-23-16-10-9-13(18)12-15(16)20(24(17,21)22)14-6-3-2-4-7-14/h2-4,6-7,9-10,12,17,19,21-22H,5,8,11H2,1H3. The Balaban J connectivity index is 2.04. The zero-order valence-electron chi connectivity index (χ0n) is 13.4. The summed E-state index contributed by atoms with van der Waals surface area (Å²) in [5, 5.41) is 3.03. The Morgan fingerprint density at radius 1 is 1.21 bits per heavy atom. The van der Waals surface area contributed by atoms with Gasteiger partial charge in [0.1, 0.15) is 17.3 Å². The summed E-state index contributed by atoms with van der Waals surface area (Å²) < 4.78 is 42.7. The summed E-state index contributed by atoms with van der Waals surface area (Å²) >= 11 is 0. The molecule has 130 valence electrons. The molecule has 0 saturated carbocycles. The molecule has 3 rings (SSSR count). The Kier molecular flexibility index (Phi) is 4.96. The van der Waals surface area contributed by atoms with Crippen molar-refractivity contribution in [2.24, 2.45) is 0 Å². The monoisotopic (exact) mass is 352 g/mol. The normalized spacial score (nSPS) is 20.2. The summed E-state index contributed by atoms with van der Waals surface area (Å²) in [6.07, 6.45) is 1.21. The minimum absolute atomic E-state index is 0.325. The van der Waals surface area contributed by atoms with Gasteiger partial charge in [-0.1, -0.05) is 29.0 Å². The van der Waals surface area contributed by atoms with E-state index < -0.39 is 22.0 Å². The van der Waals surface area contributed by atoms with Crippen LogP contribution >= 0.6 is 10.8 Å². The van der Waals surface area contributed by atoms with Crippen molar-refractivity contribution >= 4 is 22.2 Å². The number of benzene rings is 2. The molecule has 7 heteroatoms. The summed E-state index contributed by atoms with van der Waals surface area (Å²) in [6, 6.07) is 13.1. The zero-order chi connectivity index (χ0) is 17.2. The van der Waals surface area contributed by atoms with E-state index in [2.05, 4.69) is 5.32 Å². The Morgan fingerprint density at radius 2 is 1.96 bits per heavy atom. The average molecular weight is 352 g/mol. The number of nitrogens with zero attached hydrogens (tertiary/aromatic N) is 1. The van der Waals surface area contributed by atoms with Crippen LogP contribution in [-0.2, 0) is 0 Å². The number of fused-ring (bicyclic) bond motifs is 1. The molecule has 0 amide bonds. The fourth-order valence-corrected chi connectivity index (χ4v) is 4.55. The minimum atomic E-state index is -3.31. The molecule has 0 aliphatic carbocycles. The molecule has 1 atom stereocenters. The first kappa shape index (κ1) is 17.0. The van der Waals surface area contributed by atoms with Gasteiger partial charge in [0.15, 0.2) is 0 Å². The number of para-hydroxylation sites is 1. The maximum atomic E-state index is 13.7. The highest BCUT2D eigenvalue weighted by atomic mass is 32.3. The Labute approximate surface area is 142 Å². The summed E-state index contributed by atoms with van der Waals surface area (Å²) in [5.41, 5.74) is 0.140. The fraction of sp³-hybridized carbons (Fsp3) is 0.294. The van der Waals surface area contributed by atoms with Crippen molar-refractivity contribution in [3.63, 3.8) is 0 Å². The first-order valence-corrected chi connectivity index (χ1v) is 9.34. The molecule has 0 fully saturated rings. The van der Waals surface area contributed by atoms with Crippen LogP contribution in [0.1, 0.15) is 12.8 Å². The number of hydrogen-bond donors (Lipinski definition) is 3. The van der Waals surface area contributed by atoms with E-state index in [-0.39, 0.29) is 0 Å². The van der Waals surface area contributed by atoms with E-state index in [4.69, 9.17) is 4.74 Å². The van der Waals surface area contributed by atoms with Gasteiger partial charge in [-0.2, -0.15) is 0 Å². The molecule has 2 aromatic carbocycles. The smallest absolute Gasteiger partial charge is 0.206 e. The van der Waals surface area contributed by atoms with Gasteiger partial charge in [-0.05, 0) is 44.3 Å². The molecule has 1 heterocycles. The van der Waals surface area contributed by atoms with Crippen LogP contribution in [0.4, 0.5) is 15.8 Å². The van der Waals surface area contributed by atoms with Crippen LogP contribution in [-0.4, -0.2) is 28.1 Å². The second-order valence-corrected chi connectivity index (χ2v) is 7.61. The van der Waals surface area contributed by atoms with E-state index in [0.717, 1.165) is 13.0 Å². The Bertz CT molecular complexity index is 699. The third-order valence-corrected chi connectivity index (χ3v) is 5.86. The highest BCUT2D eigenvalue weighted by molar-refractivity contribution is 8.26. The quantitative estimate of drug-likeness (QED) is 0.698. The lowest BCUT2D eigenvalue weighted by Crippen LogP contribution is -2.39. The molecule has 1 aliphatic heterocycles. The molecular weight excluding hydrogens is 331 g/mol. The third kappa shape index (κ3) is 3.21. The highest BCUT2D eigenvalue weighted by Gasteiger charge is 2.41. The number of rotatable bonds is 5. The van der Waals surface area contributed by atoms with Crippen molar-refractivity contribution in [3.05, 3.63) is 54.3 Å². The van der Waals surface area contributed by atoms with Crippen molar-refractivity contribution in [2.45, 2.75) is 18.3 Å². The van der Waals surface area contributed by atoms with Gasteiger partial charge in [-0.25, -0.2) is 8.70 Å². The Hall–Kier alpha value is -1.80. The van der Waals surface area contributed by atoms with Gasteiger partial charge in [0.25, 0.3) is 0 Å². The lowest BCUT2D eigenvalue weighted by Gasteiger charge is -2.51. The third-order valence-electron chi connectivity index (χ3n) is 3.88. The molecule has 1 aliphatic rings. The van der Waals surface area contributed by atoms with E-state index in [1.807, 2.05) is 13.1 Å². The summed E-state index contributed by atoms with van der Waals surface area (Å²) in [6.45, 7) is 0.747. The van der Waals surface area contributed by atoms with Gasteiger partial charge >= 0.3 is 0 Å². The number of anilines is 2. The van der Waals surface area contributed by atoms with Crippen LogP contribution in [0.3, 0.4) is 0 Å². The molecule has 3 N–H and O–H groups in total. The molecule has 0 saturated heterocycles. The molecular formula is C17H21FN2O3S. The minimum Gasteiger partial charge on any atom is -0.467 e. The van der Waals surface area contributed by atoms with Crippen LogP contribution in [0.5, 0.6) is 5.75 Å². The van der Waals surface area contributed by atoms with Crippen molar-refractivity contribution in [1.29, 1.82) is 0 Å². The van der Waals surface area contributed by atoms with Gasteiger partial charge < -0.3 is 10.1 Å². The average Bonchev–Trinajstić information content (AvgIpc) is 2.56. The van der Waals surface area contributed by atoms with Gasteiger partial charge in [-0.15, -0.1) is 0 Å². The first-order valence-electron chi connectivity index (χ1n) is 7.77. The van der Waals surface area contributed by atoms with E-state index in [1.54, 1.807) is 24.3 Å². The summed E-state index contributed by atoms with van der Waals surface area (Å²) in [5.74, 6) is -0.0111. The number of halogens is 1. The highest BCUT2D eigenvalue weighted by Crippen LogP contribution is 2.61. The van der Waals surface area contributed by atoms with E-state index in [0.29, 0.717) is 23.5 Å². The largest absolute Gasteiger partial charge is 0.467 e. The van der Waals surface area contributed by atoms with E-state index in [9.17, 15) is 13.5 Å². The number of ether oxygens (including phenoxy) is 1. The van der Waals surface area contributed by atoms with Gasteiger partial charge in [-0.3, -0.25) is 9.11 Å². The number of hydrogen-bond acceptors (Lipinski definition) is 5. The molecule has 24 heavy (non-hydrogen) atoms. The maximum Gasteiger partial charge on any atom is 0.206 e. The molecule has 0 bridgehead atoms. The van der Waals surface area contributed by atoms with Crippen molar-refractivity contribution in [1.82, 2.24) is 5.32 Å². The lowest BCUT2D eigenvalue weighted by molar-refractivity contribution is 0.235. The van der Waals surface area contributed by atoms with Crippen molar-refractivity contribution < 1.29 is 18.2 Å². The van der Waals surface area contributed by atoms with Crippen LogP contribution in [0.2, 0.25) is 0 Å². The first-order chi connectivity index (χ1) is 11.5. The molecule has 1 unspecified atom stereocenters. The molecule has 5 nitrogen and oxygen atoms in total. The zero-order valence-corrected chi connectivity index (χ0v) is 14.2. The van der Waals surface area contributed by atoms with Crippen LogP contribution in [0.25, 0.3) is 0 Å². The SMILES string of the molecule is CNCCCC1Oc2ccc(F)cc2N(c2ccccc2)S1(O)O. The van der Waals surface area contributed by atoms with E-state index in [1.165, 1.54) is 22.5 Å². The van der Waals surface area contributed by atoms with Crippen molar-refractivity contribution in [3.8, 4) is 5.75 Å². The topological polar surface area (TPSA) is 65.0 Å². The fourth-order valence-electron chi connectivity index (χ4n) is 2.74. The maximum absolute atomic E-state index is 13.7. The van der Waals surface area contributed by atoms with Gasteiger partial charge in [0, 0.05) is 12.5 Å². The van der Waals surface area contributed by atoms with Gasteiger partial charge in [0.2, 0.25) is 5.44 Å². The van der Waals surface area contributed by atoms with E-state index >= 15 is 0 Å². The predicted octanol–water partition coefficient (Wildman–Crippen LogP) is 4.35. The predicted molar refractivity (Wildman–Crippen MR) is 95.4 cm³/mol. The van der Waals surface area contributed by atoms with Gasteiger partial charge in [0.05, 0.1) is 5.69 Å². The van der Waals surface area contributed by atoms with Crippen LogP contribution in [0, 0.1) is 5.82 Å². The molecule has 0 spiro atoms. The summed E-state index contributed by atoms with van der Waals surface area (Å²) in [4.78, 5) is 0. The van der Waals surface area contributed by atoms with Crippen molar-refractivity contribution in [2.75, 3.05) is 17.9 Å². The van der Waals surface area contributed by atoms with Crippen LogP contribution < -0.4 is 14.4 Å². The Morgan fingerprint density at radius 3 is 2.67 bits per heavy atom. The molecule has 2 aromatic rings. The molecule has 0 aromatic heterocycles. The second kappa shape index (κ2) is 6.98.